The molecular weight excluding hydrogens is 290 g/mol. The van der Waals surface area contributed by atoms with E-state index in [2.05, 4.69) is 16.9 Å². The molecule has 1 fully saturated rings. The predicted octanol–water partition coefficient (Wildman–Crippen LogP) is 2.65. The van der Waals surface area contributed by atoms with Crippen LogP contribution in [0.15, 0.2) is 29.1 Å². The van der Waals surface area contributed by atoms with Gasteiger partial charge in [-0.3, -0.25) is 9.59 Å². The number of amides is 1. The number of piperidine rings is 1. The Labute approximate surface area is 135 Å². The average molecular weight is 313 g/mol. The van der Waals surface area contributed by atoms with Crippen molar-refractivity contribution in [2.24, 2.45) is 0 Å². The fourth-order valence-electron chi connectivity index (χ4n) is 3.38. The van der Waals surface area contributed by atoms with Gasteiger partial charge in [0.05, 0.1) is 10.9 Å². The largest absolute Gasteiger partial charge is 0.340 e. The molecule has 5 heteroatoms. The number of fused-ring (bicyclic) bond motifs is 1. The highest BCUT2D eigenvalue weighted by Gasteiger charge is 2.24. The molecule has 0 bridgehead atoms. The van der Waals surface area contributed by atoms with Crippen LogP contribution in [0.5, 0.6) is 0 Å². The number of aromatic nitrogens is 2. The second-order valence-corrected chi connectivity index (χ2v) is 6.17. The lowest BCUT2D eigenvalue weighted by atomic mass is 9.99. The number of likely N-dealkylation sites (tertiary alicyclic amines) is 1. The van der Waals surface area contributed by atoms with Crippen LogP contribution in [0.2, 0.25) is 0 Å². The Morgan fingerprint density at radius 2 is 2.17 bits per heavy atom. The van der Waals surface area contributed by atoms with Gasteiger partial charge in [-0.25, -0.2) is 4.98 Å². The normalized spacial score (nSPS) is 18.3. The van der Waals surface area contributed by atoms with Gasteiger partial charge < -0.3 is 9.88 Å². The van der Waals surface area contributed by atoms with Gasteiger partial charge in [-0.05, 0) is 37.8 Å². The van der Waals surface area contributed by atoms with Gasteiger partial charge >= 0.3 is 0 Å². The number of H-pyrrole nitrogens is 1. The van der Waals surface area contributed by atoms with Crippen LogP contribution < -0.4 is 5.56 Å². The molecule has 3 rings (SSSR count). The van der Waals surface area contributed by atoms with E-state index >= 15 is 0 Å². The number of nitrogens with zero attached hydrogens (tertiary/aromatic N) is 2. The molecule has 2 heterocycles. The van der Waals surface area contributed by atoms with Crippen LogP contribution in [0.3, 0.4) is 0 Å². The molecule has 1 aromatic carbocycles. The second-order valence-electron chi connectivity index (χ2n) is 6.17. The van der Waals surface area contributed by atoms with E-state index in [-0.39, 0.29) is 11.5 Å². The van der Waals surface area contributed by atoms with Crippen molar-refractivity contribution in [3.05, 3.63) is 40.4 Å². The summed E-state index contributed by atoms with van der Waals surface area (Å²) in [6, 6.07) is 7.65. The molecule has 122 valence electrons. The van der Waals surface area contributed by atoms with Gasteiger partial charge in [0, 0.05) is 25.4 Å². The first-order valence-corrected chi connectivity index (χ1v) is 8.46. The Morgan fingerprint density at radius 1 is 1.35 bits per heavy atom. The van der Waals surface area contributed by atoms with Gasteiger partial charge in [0.2, 0.25) is 5.91 Å². The van der Waals surface area contributed by atoms with Gasteiger partial charge in [-0.2, -0.15) is 0 Å². The summed E-state index contributed by atoms with van der Waals surface area (Å²) in [5.74, 6) is 0.763. The molecule has 0 radical (unpaired) electrons. The number of rotatable bonds is 4. The summed E-state index contributed by atoms with van der Waals surface area (Å²) in [5, 5.41) is 0.588. The number of hydrogen-bond acceptors (Lipinski definition) is 3. The van der Waals surface area contributed by atoms with Crippen LogP contribution >= 0.6 is 0 Å². The van der Waals surface area contributed by atoms with Gasteiger partial charge in [-0.1, -0.05) is 19.1 Å². The molecule has 1 aromatic heterocycles. The summed E-state index contributed by atoms with van der Waals surface area (Å²) in [5.41, 5.74) is 0.547. The Balaban J connectivity index is 1.70. The number of benzene rings is 1. The molecule has 1 saturated heterocycles. The maximum absolute atomic E-state index is 12.5. The van der Waals surface area contributed by atoms with E-state index in [0.29, 0.717) is 35.6 Å². The van der Waals surface area contributed by atoms with Crippen molar-refractivity contribution >= 4 is 16.8 Å². The predicted molar refractivity (Wildman–Crippen MR) is 90.3 cm³/mol. The lowest BCUT2D eigenvalue weighted by molar-refractivity contribution is -0.134. The number of aromatic amines is 1. The van der Waals surface area contributed by atoms with Gasteiger partial charge in [-0.15, -0.1) is 0 Å². The minimum Gasteiger partial charge on any atom is -0.340 e. The zero-order chi connectivity index (χ0) is 16.2. The smallest absolute Gasteiger partial charge is 0.258 e. The summed E-state index contributed by atoms with van der Waals surface area (Å²) in [7, 11) is 0. The lowest BCUT2D eigenvalue weighted by Gasteiger charge is -2.35. The molecule has 1 atom stereocenters. The van der Waals surface area contributed by atoms with Gasteiger partial charge in [0.1, 0.15) is 5.82 Å². The molecule has 2 aromatic rings. The molecule has 1 N–H and O–H groups in total. The van der Waals surface area contributed by atoms with Crippen LogP contribution in [0.25, 0.3) is 10.9 Å². The van der Waals surface area contributed by atoms with E-state index in [1.165, 1.54) is 6.42 Å². The first-order valence-electron chi connectivity index (χ1n) is 8.46. The number of aryl methyl sites for hydroxylation is 1. The Kier molecular flexibility index (Phi) is 4.74. The highest BCUT2D eigenvalue weighted by molar-refractivity contribution is 5.78. The molecule has 0 spiro atoms. The van der Waals surface area contributed by atoms with E-state index in [0.717, 1.165) is 25.8 Å². The van der Waals surface area contributed by atoms with Gasteiger partial charge in [0.15, 0.2) is 0 Å². The maximum Gasteiger partial charge on any atom is 0.258 e. The van der Waals surface area contributed by atoms with Crippen molar-refractivity contribution in [1.82, 2.24) is 14.9 Å². The van der Waals surface area contributed by atoms with Gasteiger partial charge in [0.25, 0.3) is 5.56 Å². The van der Waals surface area contributed by atoms with Crippen LogP contribution in [-0.4, -0.2) is 33.4 Å². The Hall–Kier alpha value is -2.17. The summed E-state index contributed by atoms with van der Waals surface area (Å²) in [6.45, 7) is 3.00. The van der Waals surface area contributed by atoms with Crippen LogP contribution in [0.1, 0.15) is 44.9 Å². The number of carbonyl (C=O) groups excluding carboxylic acids is 1. The zero-order valence-electron chi connectivity index (χ0n) is 13.5. The third kappa shape index (κ3) is 3.44. The number of carbonyl (C=O) groups is 1. The standard InChI is InChI=1S/C18H23N3O2/c1-2-13-7-5-6-12-21(13)17(22)11-10-16-19-15-9-4-3-8-14(15)18(23)20-16/h3-4,8-9,13H,2,5-7,10-12H2,1H3,(H,19,20,23). The summed E-state index contributed by atoms with van der Waals surface area (Å²) in [4.78, 5) is 33.8. The van der Waals surface area contributed by atoms with Crippen LogP contribution in [0, 0.1) is 0 Å². The average Bonchev–Trinajstić information content (AvgIpc) is 2.59. The van der Waals surface area contributed by atoms with E-state index in [9.17, 15) is 9.59 Å². The SMILES string of the molecule is CCC1CCCCN1C(=O)CCc1nc2ccccc2c(=O)[nH]1. The summed E-state index contributed by atoms with van der Waals surface area (Å²) in [6.07, 6.45) is 5.29. The van der Waals surface area contributed by atoms with E-state index in [1.54, 1.807) is 6.07 Å². The fourth-order valence-corrected chi connectivity index (χ4v) is 3.38. The van der Waals surface area contributed by atoms with Crippen molar-refractivity contribution < 1.29 is 4.79 Å². The van der Waals surface area contributed by atoms with Crippen molar-refractivity contribution in [3.63, 3.8) is 0 Å². The third-order valence-electron chi connectivity index (χ3n) is 4.66. The van der Waals surface area contributed by atoms with Crippen LogP contribution in [0.4, 0.5) is 0 Å². The third-order valence-corrected chi connectivity index (χ3v) is 4.66. The summed E-state index contributed by atoms with van der Waals surface area (Å²) >= 11 is 0. The molecule has 1 aliphatic heterocycles. The molecule has 0 aliphatic carbocycles. The van der Waals surface area contributed by atoms with Crippen LogP contribution in [-0.2, 0) is 11.2 Å². The van der Waals surface area contributed by atoms with Crippen molar-refractivity contribution in [1.29, 1.82) is 0 Å². The first kappa shape index (κ1) is 15.7. The van der Waals surface area contributed by atoms with Crippen molar-refractivity contribution in [2.45, 2.75) is 51.5 Å². The topological polar surface area (TPSA) is 66.1 Å². The molecule has 23 heavy (non-hydrogen) atoms. The van der Waals surface area contributed by atoms with Crippen molar-refractivity contribution in [3.8, 4) is 0 Å². The number of hydrogen-bond donors (Lipinski definition) is 1. The highest BCUT2D eigenvalue weighted by atomic mass is 16.2. The quantitative estimate of drug-likeness (QED) is 0.943. The second kappa shape index (κ2) is 6.94. The first-order chi connectivity index (χ1) is 11.2. The minimum absolute atomic E-state index is 0.137. The number of nitrogens with one attached hydrogen (secondary N) is 1. The zero-order valence-corrected chi connectivity index (χ0v) is 13.5. The number of para-hydroxylation sites is 1. The monoisotopic (exact) mass is 313 g/mol. The van der Waals surface area contributed by atoms with E-state index < -0.39 is 0 Å². The van der Waals surface area contributed by atoms with E-state index in [1.807, 2.05) is 23.1 Å². The molecule has 0 saturated carbocycles. The molecule has 1 amide bonds. The Bertz CT molecular complexity index is 753. The Morgan fingerprint density at radius 3 is 3.00 bits per heavy atom. The maximum atomic E-state index is 12.5. The van der Waals surface area contributed by atoms with Crippen molar-refractivity contribution in [2.75, 3.05) is 6.54 Å². The lowest BCUT2D eigenvalue weighted by Crippen LogP contribution is -2.43. The minimum atomic E-state index is -0.137. The fraction of sp³-hybridized carbons (Fsp3) is 0.500. The van der Waals surface area contributed by atoms with E-state index in [4.69, 9.17) is 0 Å². The molecule has 1 unspecified atom stereocenters. The molecule has 5 nitrogen and oxygen atoms in total. The summed E-state index contributed by atoms with van der Waals surface area (Å²) < 4.78 is 0. The highest BCUT2D eigenvalue weighted by Crippen LogP contribution is 2.20. The molecule has 1 aliphatic rings. The molecular formula is C18H23N3O2.